The predicted octanol–water partition coefficient (Wildman–Crippen LogP) is 3.20. The second kappa shape index (κ2) is 4.28. The van der Waals surface area contributed by atoms with E-state index in [9.17, 15) is 0 Å². The molecule has 2 nitrogen and oxygen atoms in total. The lowest BCUT2D eigenvalue weighted by atomic mass is 10.2. The van der Waals surface area contributed by atoms with E-state index in [-0.39, 0.29) is 0 Å². The third-order valence-corrected chi connectivity index (χ3v) is 2.90. The Morgan fingerprint density at radius 2 is 1.93 bits per heavy atom. The molecule has 2 N–H and O–H groups in total. The molecule has 0 fully saturated rings. The first-order chi connectivity index (χ1) is 7.25. The normalized spacial score (nSPS) is 11.0. The van der Waals surface area contributed by atoms with E-state index in [2.05, 4.69) is 17.1 Å². The van der Waals surface area contributed by atoms with Gasteiger partial charge in [0.25, 0.3) is 0 Å². The summed E-state index contributed by atoms with van der Waals surface area (Å²) in [5.74, 6) is 0. The summed E-state index contributed by atoms with van der Waals surface area (Å²) in [7, 11) is 0. The maximum Gasteiger partial charge on any atom is 0.180 e. The second-order valence-corrected chi connectivity index (χ2v) is 4.47. The van der Waals surface area contributed by atoms with Crippen LogP contribution in [0.25, 0.3) is 12.2 Å². The van der Waals surface area contributed by atoms with Crippen molar-refractivity contribution in [2.24, 2.45) is 0 Å². The Hall–Kier alpha value is -1.61. The first-order valence-electron chi connectivity index (χ1n) is 4.72. The summed E-state index contributed by atoms with van der Waals surface area (Å²) in [6, 6.07) is 10.1. The van der Waals surface area contributed by atoms with Crippen LogP contribution in [0.1, 0.15) is 16.1 Å². The van der Waals surface area contributed by atoms with E-state index in [0.717, 1.165) is 10.6 Å². The van der Waals surface area contributed by atoms with Crippen molar-refractivity contribution >= 4 is 28.6 Å². The van der Waals surface area contributed by atoms with Gasteiger partial charge in [0.05, 0.1) is 5.69 Å². The van der Waals surface area contributed by atoms with Crippen LogP contribution in [0.2, 0.25) is 0 Å². The van der Waals surface area contributed by atoms with Crippen molar-refractivity contribution < 1.29 is 0 Å². The first-order valence-corrected chi connectivity index (χ1v) is 5.53. The van der Waals surface area contributed by atoms with E-state index in [1.807, 2.05) is 37.3 Å². The van der Waals surface area contributed by atoms with Gasteiger partial charge >= 0.3 is 0 Å². The van der Waals surface area contributed by atoms with Gasteiger partial charge in [-0.15, -0.1) is 11.3 Å². The first kappa shape index (κ1) is 9.93. The number of hydrogen-bond acceptors (Lipinski definition) is 3. The van der Waals surface area contributed by atoms with Crippen LogP contribution < -0.4 is 5.73 Å². The van der Waals surface area contributed by atoms with E-state index >= 15 is 0 Å². The van der Waals surface area contributed by atoms with Crippen molar-refractivity contribution in [1.29, 1.82) is 0 Å². The highest BCUT2D eigenvalue weighted by Gasteiger charge is 2.00. The lowest BCUT2D eigenvalue weighted by Gasteiger charge is -1.90. The Balaban J connectivity index is 2.22. The molecule has 0 aliphatic heterocycles. The average molecular weight is 216 g/mol. The van der Waals surface area contributed by atoms with Gasteiger partial charge in [-0.1, -0.05) is 36.4 Å². The molecule has 0 saturated heterocycles. The van der Waals surface area contributed by atoms with Crippen molar-refractivity contribution in [3.63, 3.8) is 0 Å². The molecule has 0 radical (unpaired) electrons. The number of thiazole rings is 1. The predicted molar refractivity (Wildman–Crippen MR) is 66.6 cm³/mol. The molecule has 1 heterocycles. The van der Waals surface area contributed by atoms with Gasteiger partial charge < -0.3 is 5.73 Å². The standard InChI is InChI=1S/C12H12N2S/c1-9-11(14-12(13)15-9)8-7-10-5-3-2-4-6-10/h2-8H,1H3,(H2,13,14). The number of aryl methyl sites for hydroxylation is 1. The summed E-state index contributed by atoms with van der Waals surface area (Å²) in [6.07, 6.45) is 4.04. The highest BCUT2D eigenvalue weighted by atomic mass is 32.1. The molecule has 0 aliphatic carbocycles. The van der Waals surface area contributed by atoms with E-state index < -0.39 is 0 Å². The summed E-state index contributed by atoms with van der Waals surface area (Å²) in [6.45, 7) is 2.03. The SMILES string of the molecule is Cc1sc(N)nc1C=Cc1ccccc1. The zero-order valence-electron chi connectivity index (χ0n) is 8.47. The van der Waals surface area contributed by atoms with Crippen LogP contribution in [0.15, 0.2) is 30.3 Å². The van der Waals surface area contributed by atoms with E-state index in [1.165, 1.54) is 16.9 Å². The van der Waals surface area contributed by atoms with Crippen LogP contribution in [0.5, 0.6) is 0 Å². The van der Waals surface area contributed by atoms with Crippen molar-refractivity contribution in [2.45, 2.75) is 6.92 Å². The number of benzene rings is 1. The Morgan fingerprint density at radius 1 is 1.20 bits per heavy atom. The monoisotopic (exact) mass is 216 g/mol. The smallest absolute Gasteiger partial charge is 0.180 e. The van der Waals surface area contributed by atoms with Crippen LogP contribution in [0, 0.1) is 6.92 Å². The van der Waals surface area contributed by atoms with Gasteiger partial charge in [-0.3, -0.25) is 0 Å². The molecular formula is C12H12N2S. The van der Waals surface area contributed by atoms with Crippen LogP contribution in [0.3, 0.4) is 0 Å². The second-order valence-electron chi connectivity index (χ2n) is 3.24. The van der Waals surface area contributed by atoms with Crippen LogP contribution in [-0.2, 0) is 0 Å². The van der Waals surface area contributed by atoms with E-state index in [4.69, 9.17) is 5.73 Å². The highest BCUT2D eigenvalue weighted by molar-refractivity contribution is 7.15. The molecule has 2 aromatic rings. The van der Waals surface area contributed by atoms with Crippen molar-refractivity contribution in [1.82, 2.24) is 4.98 Å². The molecule has 76 valence electrons. The van der Waals surface area contributed by atoms with E-state index in [1.54, 1.807) is 0 Å². The average Bonchev–Trinajstić information content (AvgIpc) is 2.56. The number of rotatable bonds is 2. The van der Waals surface area contributed by atoms with Gasteiger partial charge in [0.2, 0.25) is 0 Å². The van der Waals surface area contributed by atoms with Crippen LogP contribution in [0.4, 0.5) is 5.13 Å². The minimum absolute atomic E-state index is 0.625. The third-order valence-electron chi connectivity index (χ3n) is 2.08. The lowest BCUT2D eigenvalue weighted by molar-refractivity contribution is 1.35. The molecule has 0 bridgehead atoms. The molecule has 0 atom stereocenters. The molecule has 1 aromatic carbocycles. The number of nitrogens with zero attached hydrogens (tertiary/aromatic N) is 1. The van der Waals surface area contributed by atoms with E-state index in [0.29, 0.717) is 5.13 Å². The van der Waals surface area contributed by atoms with Crippen molar-refractivity contribution in [3.05, 3.63) is 46.5 Å². The topological polar surface area (TPSA) is 38.9 Å². The zero-order valence-corrected chi connectivity index (χ0v) is 9.29. The summed E-state index contributed by atoms with van der Waals surface area (Å²) in [5, 5.41) is 0.625. The summed E-state index contributed by atoms with van der Waals surface area (Å²) < 4.78 is 0. The number of nitrogens with two attached hydrogens (primary N) is 1. The fourth-order valence-electron chi connectivity index (χ4n) is 1.32. The number of aromatic nitrogens is 1. The minimum atomic E-state index is 0.625. The Labute approximate surface area is 93.1 Å². The minimum Gasteiger partial charge on any atom is -0.375 e. The number of hydrogen-bond donors (Lipinski definition) is 1. The van der Waals surface area contributed by atoms with Crippen molar-refractivity contribution in [3.8, 4) is 0 Å². The molecule has 3 heteroatoms. The zero-order chi connectivity index (χ0) is 10.7. The summed E-state index contributed by atoms with van der Waals surface area (Å²) in [4.78, 5) is 5.39. The molecule has 2 rings (SSSR count). The Bertz CT molecular complexity index is 472. The van der Waals surface area contributed by atoms with Crippen molar-refractivity contribution in [2.75, 3.05) is 5.73 Å². The summed E-state index contributed by atoms with van der Waals surface area (Å²) >= 11 is 1.52. The van der Waals surface area contributed by atoms with Crippen LogP contribution >= 0.6 is 11.3 Å². The van der Waals surface area contributed by atoms with Gasteiger partial charge in [-0.05, 0) is 18.6 Å². The molecule has 1 aromatic heterocycles. The third kappa shape index (κ3) is 2.44. The van der Waals surface area contributed by atoms with Crippen LogP contribution in [-0.4, -0.2) is 4.98 Å². The quantitative estimate of drug-likeness (QED) is 0.837. The molecular weight excluding hydrogens is 204 g/mol. The lowest BCUT2D eigenvalue weighted by Crippen LogP contribution is -1.81. The van der Waals surface area contributed by atoms with Gasteiger partial charge in [0.15, 0.2) is 5.13 Å². The molecule has 0 aliphatic rings. The molecule has 0 unspecified atom stereocenters. The molecule has 15 heavy (non-hydrogen) atoms. The highest BCUT2D eigenvalue weighted by Crippen LogP contribution is 2.20. The number of anilines is 1. The fourth-order valence-corrected chi connectivity index (χ4v) is 2.00. The Kier molecular flexibility index (Phi) is 2.83. The molecule has 0 amide bonds. The number of nitrogen functional groups attached to an aromatic ring is 1. The van der Waals surface area contributed by atoms with Gasteiger partial charge in [0.1, 0.15) is 0 Å². The van der Waals surface area contributed by atoms with Gasteiger partial charge in [-0.25, -0.2) is 4.98 Å². The maximum atomic E-state index is 5.62. The van der Waals surface area contributed by atoms with Gasteiger partial charge in [0, 0.05) is 4.88 Å². The maximum absolute atomic E-state index is 5.62. The summed E-state index contributed by atoms with van der Waals surface area (Å²) in [5.41, 5.74) is 7.75. The Morgan fingerprint density at radius 3 is 2.53 bits per heavy atom. The molecule has 0 spiro atoms. The molecule has 0 saturated carbocycles. The van der Waals surface area contributed by atoms with Gasteiger partial charge in [-0.2, -0.15) is 0 Å². The fraction of sp³-hybridized carbons (Fsp3) is 0.0833. The largest absolute Gasteiger partial charge is 0.375 e.